The van der Waals surface area contributed by atoms with Crippen LogP contribution in [0, 0.1) is 5.92 Å². The summed E-state index contributed by atoms with van der Waals surface area (Å²) in [6.07, 6.45) is 0. The van der Waals surface area contributed by atoms with Gasteiger partial charge in [-0.3, -0.25) is 4.79 Å². The van der Waals surface area contributed by atoms with E-state index in [0.29, 0.717) is 6.54 Å². The summed E-state index contributed by atoms with van der Waals surface area (Å²) in [6.45, 7) is 8.29. The molecular weight excluding hydrogens is 284 g/mol. The highest BCUT2D eigenvalue weighted by Crippen LogP contribution is 2.31. The van der Waals surface area contributed by atoms with E-state index < -0.39 is 11.9 Å². The minimum Gasteiger partial charge on any atom is -0.481 e. The smallest absolute Gasteiger partial charge is 0.308 e. The largest absolute Gasteiger partial charge is 0.481 e. The highest BCUT2D eigenvalue weighted by Gasteiger charge is 2.36. The number of para-hydroxylation sites is 1. The van der Waals surface area contributed by atoms with Gasteiger partial charge in [-0.1, -0.05) is 42.1 Å². The van der Waals surface area contributed by atoms with Gasteiger partial charge in [0, 0.05) is 12.3 Å². The van der Waals surface area contributed by atoms with Crippen LogP contribution in [0.4, 0.5) is 5.69 Å². The van der Waals surface area contributed by atoms with Crippen LogP contribution < -0.4 is 0 Å². The van der Waals surface area contributed by atoms with Crippen LogP contribution in [0.3, 0.4) is 0 Å². The normalized spacial score (nSPS) is 21.5. The van der Waals surface area contributed by atoms with E-state index in [1.54, 1.807) is 18.7 Å². The predicted molar refractivity (Wildman–Crippen MR) is 88.1 cm³/mol. The molecule has 1 fully saturated rings. The molecule has 1 N–H and O–H groups in total. The van der Waals surface area contributed by atoms with Gasteiger partial charge in [0.2, 0.25) is 0 Å². The van der Waals surface area contributed by atoms with E-state index in [2.05, 4.69) is 16.5 Å². The van der Waals surface area contributed by atoms with Crippen molar-refractivity contribution in [1.29, 1.82) is 0 Å². The van der Waals surface area contributed by atoms with E-state index in [-0.39, 0.29) is 6.04 Å². The van der Waals surface area contributed by atoms with Crippen LogP contribution in [-0.2, 0) is 4.79 Å². The number of aliphatic carboxylic acids is 1. The molecule has 5 heteroatoms. The molecule has 2 unspecified atom stereocenters. The lowest BCUT2D eigenvalue weighted by molar-refractivity contribution is -0.142. The molecule has 1 aliphatic rings. The number of carboxylic acids is 1. The van der Waals surface area contributed by atoms with Gasteiger partial charge < -0.3 is 10.0 Å². The Morgan fingerprint density at radius 1 is 1.52 bits per heavy atom. The Balaban J connectivity index is 2.27. The Bertz CT molecular complexity index is 557. The zero-order valence-corrected chi connectivity index (χ0v) is 13.1. The summed E-state index contributed by atoms with van der Waals surface area (Å²) in [6, 6.07) is 9.68. The quantitative estimate of drug-likeness (QED) is 0.847. The SMILES string of the molecule is C=C(C)CN1C(=Nc2ccccc2)SCC1C(C)C(=O)O. The number of hydrogen-bond acceptors (Lipinski definition) is 3. The first kappa shape index (κ1) is 15.6. The highest BCUT2D eigenvalue weighted by atomic mass is 32.2. The molecular formula is C16H20N2O2S. The molecule has 1 aromatic rings. The summed E-state index contributed by atoms with van der Waals surface area (Å²) in [5.41, 5.74) is 1.89. The molecule has 0 aliphatic carbocycles. The average Bonchev–Trinajstić information content (AvgIpc) is 2.81. The van der Waals surface area contributed by atoms with Crippen molar-refractivity contribution in [2.24, 2.45) is 10.9 Å². The van der Waals surface area contributed by atoms with Crippen molar-refractivity contribution in [3.63, 3.8) is 0 Å². The van der Waals surface area contributed by atoms with Crippen molar-refractivity contribution in [2.75, 3.05) is 12.3 Å². The number of thioether (sulfide) groups is 1. The second-order valence-electron chi connectivity index (χ2n) is 5.32. The fourth-order valence-corrected chi connectivity index (χ4v) is 3.56. The Morgan fingerprint density at radius 3 is 2.76 bits per heavy atom. The van der Waals surface area contributed by atoms with Crippen LogP contribution in [0.15, 0.2) is 47.5 Å². The first-order valence-electron chi connectivity index (χ1n) is 6.89. The number of nitrogens with zero attached hydrogens (tertiary/aromatic N) is 2. The lowest BCUT2D eigenvalue weighted by Crippen LogP contribution is -2.42. The number of amidine groups is 1. The molecule has 1 saturated heterocycles. The Labute approximate surface area is 129 Å². The van der Waals surface area contributed by atoms with Gasteiger partial charge in [0.05, 0.1) is 17.6 Å². The van der Waals surface area contributed by atoms with Crippen LogP contribution in [0.5, 0.6) is 0 Å². The highest BCUT2D eigenvalue weighted by molar-refractivity contribution is 8.14. The molecule has 0 aromatic heterocycles. The van der Waals surface area contributed by atoms with Crippen LogP contribution in [0.25, 0.3) is 0 Å². The molecule has 0 spiro atoms. The van der Waals surface area contributed by atoms with Crippen LogP contribution >= 0.6 is 11.8 Å². The maximum atomic E-state index is 11.3. The number of rotatable bonds is 5. The number of aliphatic imine (C=N–C) groups is 1. The van der Waals surface area contributed by atoms with Gasteiger partial charge in [0.25, 0.3) is 0 Å². The number of carbonyl (C=O) groups is 1. The number of benzene rings is 1. The minimum atomic E-state index is -0.770. The maximum Gasteiger partial charge on any atom is 0.308 e. The Kier molecular flexibility index (Phi) is 5.07. The third-order valence-corrected chi connectivity index (χ3v) is 4.51. The summed E-state index contributed by atoms with van der Waals surface area (Å²) in [7, 11) is 0. The average molecular weight is 304 g/mol. The summed E-state index contributed by atoms with van der Waals surface area (Å²) >= 11 is 1.61. The molecule has 4 nitrogen and oxygen atoms in total. The van der Waals surface area contributed by atoms with Crippen molar-refractivity contribution in [1.82, 2.24) is 4.90 Å². The lowest BCUT2D eigenvalue weighted by Gasteiger charge is -2.28. The van der Waals surface area contributed by atoms with E-state index in [9.17, 15) is 9.90 Å². The molecule has 2 atom stereocenters. The second-order valence-corrected chi connectivity index (χ2v) is 6.31. The number of carboxylic acid groups (broad SMARTS) is 1. The van der Waals surface area contributed by atoms with Gasteiger partial charge in [-0.25, -0.2) is 4.99 Å². The van der Waals surface area contributed by atoms with Crippen LogP contribution in [0.2, 0.25) is 0 Å². The molecule has 21 heavy (non-hydrogen) atoms. The van der Waals surface area contributed by atoms with E-state index in [1.807, 2.05) is 37.3 Å². The zero-order chi connectivity index (χ0) is 15.4. The zero-order valence-electron chi connectivity index (χ0n) is 12.3. The monoisotopic (exact) mass is 304 g/mol. The second kappa shape index (κ2) is 6.80. The summed E-state index contributed by atoms with van der Waals surface area (Å²) in [5.74, 6) is -0.458. The van der Waals surface area contributed by atoms with Crippen molar-refractivity contribution >= 4 is 28.6 Å². The Morgan fingerprint density at radius 2 is 2.19 bits per heavy atom. The molecule has 0 radical (unpaired) electrons. The van der Waals surface area contributed by atoms with Gasteiger partial charge >= 0.3 is 5.97 Å². The standard InChI is InChI=1S/C16H20N2O2S/c1-11(2)9-18-14(12(3)15(19)20)10-21-16(18)17-13-7-5-4-6-8-13/h4-8,12,14H,1,9-10H2,2-3H3,(H,19,20). The maximum absolute atomic E-state index is 11.3. The van der Waals surface area contributed by atoms with Crippen molar-refractivity contribution in [3.05, 3.63) is 42.5 Å². The molecule has 1 heterocycles. The number of hydrogen-bond donors (Lipinski definition) is 1. The Hall–Kier alpha value is -1.75. The van der Waals surface area contributed by atoms with Crippen molar-refractivity contribution < 1.29 is 9.90 Å². The van der Waals surface area contributed by atoms with Crippen molar-refractivity contribution in [3.8, 4) is 0 Å². The predicted octanol–water partition coefficient (Wildman–Crippen LogP) is 3.39. The fraction of sp³-hybridized carbons (Fsp3) is 0.375. The molecule has 0 saturated carbocycles. The molecule has 0 bridgehead atoms. The lowest BCUT2D eigenvalue weighted by atomic mass is 10.0. The first-order chi connectivity index (χ1) is 9.99. The minimum absolute atomic E-state index is 0.0494. The van der Waals surface area contributed by atoms with Gasteiger partial charge in [-0.05, 0) is 26.0 Å². The third-order valence-electron chi connectivity index (χ3n) is 3.42. The fourth-order valence-electron chi connectivity index (χ4n) is 2.24. The van der Waals surface area contributed by atoms with Gasteiger partial charge in [-0.15, -0.1) is 0 Å². The molecule has 1 aliphatic heterocycles. The molecule has 112 valence electrons. The van der Waals surface area contributed by atoms with Crippen molar-refractivity contribution in [2.45, 2.75) is 19.9 Å². The van der Waals surface area contributed by atoms with E-state index in [0.717, 1.165) is 22.2 Å². The van der Waals surface area contributed by atoms with E-state index >= 15 is 0 Å². The van der Waals surface area contributed by atoms with Crippen LogP contribution in [-0.4, -0.2) is 39.5 Å². The topological polar surface area (TPSA) is 52.9 Å². The summed E-state index contributed by atoms with van der Waals surface area (Å²) in [5, 5.41) is 10.1. The summed E-state index contributed by atoms with van der Waals surface area (Å²) < 4.78 is 0. The molecule has 2 rings (SSSR count). The first-order valence-corrected chi connectivity index (χ1v) is 7.88. The third kappa shape index (κ3) is 3.88. The van der Waals surface area contributed by atoms with E-state index in [4.69, 9.17) is 0 Å². The van der Waals surface area contributed by atoms with Crippen LogP contribution in [0.1, 0.15) is 13.8 Å². The van der Waals surface area contributed by atoms with Gasteiger partial charge in [-0.2, -0.15) is 0 Å². The summed E-state index contributed by atoms with van der Waals surface area (Å²) in [4.78, 5) is 18.0. The molecule has 1 aromatic carbocycles. The molecule has 0 amide bonds. The van der Waals surface area contributed by atoms with Gasteiger partial charge in [0.15, 0.2) is 5.17 Å². The van der Waals surface area contributed by atoms with Gasteiger partial charge in [0.1, 0.15) is 0 Å². The van der Waals surface area contributed by atoms with E-state index in [1.165, 1.54) is 0 Å².